The van der Waals surface area contributed by atoms with E-state index in [0.29, 0.717) is 45.6 Å². The van der Waals surface area contributed by atoms with Crippen molar-refractivity contribution in [3.8, 4) is 34.5 Å². The summed E-state index contributed by atoms with van der Waals surface area (Å²) in [4.78, 5) is 35.3. The van der Waals surface area contributed by atoms with Crippen LogP contribution in [0.25, 0.3) is 0 Å². The lowest BCUT2D eigenvalue weighted by Crippen LogP contribution is -2.74. The first-order valence-electron chi connectivity index (χ1n) is 41.4. The molecule has 0 N–H and O–H groups in total. The summed E-state index contributed by atoms with van der Waals surface area (Å²) in [6.45, 7) is 26.6. The number of hydrogen-bond acceptors (Lipinski definition) is 8. The van der Waals surface area contributed by atoms with Gasteiger partial charge >= 0.3 is 0 Å². The summed E-state index contributed by atoms with van der Waals surface area (Å²) in [6, 6.07) is 104. The van der Waals surface area contributed by atoms with Crippen molar-refractivity contribution in [3.05, 3.63) is 415 Å². The van der Waals surface area contributed by atoms with Gasteiger partial charge in [0.1, 0.15) is 11.5 Å². The molecule has 580 valence electrons. The third-order valence-corrected chi connectivity index (χ3v) is 26.1. The molecule has 12 aromatic carbocycles. The van der Waals surface area contributed by atoms with Gasteiger partial charge in [0.15, 0.2) is 46.4 Å². The van der Waals surface area contributed by atoms with Crippen LogP contribution >= 0.6 is 0 Å². The molecule has 4 unspecified atom stereocenters. The molecule has 0 amide bonds. The lowest BCUT2D eigenvalue weighted by molar-refractivity contribution is -0.181. The van der Waals surface area contributed by atoms with Crippen LogP contribution in [-0.2, 0) is 46.1 Å². The molecule has 0 saturated carbocycles. The van der Waals surface area contributed by atoms with E-state index in [2.05, 4.69) is 386 Å². The Balaban J connectivity index is 0.864. The highest BCUT2D eigenvalue weighted by molar-refractivity contribution is 6.07. The summed E-state index contributed by atoms with van der Waals surface area (Å²) in [6.07, 6.45) is 2.57. The van der Waals surface area contributed by atoms with E-state index in [1.165, 1.54) is 0 Å². The SMILES string of the molecule is CC(C)(C)c1cc2c3c(c1)C[C@]1(O3)C(=O)C(=CC3(C(C)(C)C)Oc4c(cc(C(c5ccccc5)c5ccccc5)cc4C(c4ccccc4)c4ccccc4)OC31)Cc1cc(C(C)(C)C)cc3c1O[C@]1(C3)C(=O)C(=CC3(C(C)(C)C)Oc4c(cc(C(c5ccccc5)c5ccccc5)cc4C(c4ccccc4)c4ccccc4)OC31)C2. The maximum absolute atomic E-state index is 17.6. The topological polar surface area (TPSA) is 89.5 Å². The fourth-order valence-corrected chi connectivity index (χ4v) is 20.2. The van der Waals surface area contributed by atoms with Crippen LogP contribution in [0.1, 0.15) is 207 Å². The second-order valence-electron chi connectivity index (χ2n) is 37.6. The smallest absolute Gasteiger partial charge is 0.216 e. The number of benzene rings is 12. The minimum absolute atomic E-state index is 0.0986. The van der Waals surface area contributed by atoms with Crippen LogP contribution in [-0.4, -0.2) is 46.2 Å². The summed E-state index contributed by atoms with van der Waals surface area (Å²) < 4.78 is 49.5. The molecule has 0 aromatic heterocycles. The van der Waals surface area contributed by atoms with Gasteiger partial charge in [-0.15, -0.1) is 0 Å². The lowest BCUT2D eigenvalue weighted by Gasteiger charge is -2.57. The lowest BCUT2D eigenvalue weighted by atomic mass is 9.60. The van der Waals surface area contributed by atoms with Crippen LogP contribution in [0.4, 0.5) is 0 Å². The third-order valence-electron chi connectivity index (χ3n) is 26.1. The summed E-state index contributed by atoms with van der Waals surface area (Å²) in [5.74, 6) is 1.80. The fourth-order valence-electron chi connectivity index (χ4n) is 20.2. The largest absolute Gasteiger partial charge is 0.477 e. The zero-order chi connectivity index (χ0) is 80.1. The van der Waals surface area contributed by atoms with Crippen LogP contribution in [0.5, 0.6) is 34.5 Å². The highest BCUT2D eigenvalue weighted by atomic mass is 16.6. The molecule has 6 bridgehead atoms. The summed E-state index contributed by atoms with van der Waals surface area (Å²) >= 11 is 0. The predicted octanol–water partition coefficient (Wildman–Crippen LogP) is 23.4. The minimum Gasteiger partial charge on any atom is -0.477 e. The van der Waals surface area contributed by atoms with Gasteiger partial charge in [-0.3, -0.25) is 9.59 Å². The van der Waals surface area contributed by atoms with Crippen LogP contribution in [0, 0.1) is 10.8 Å². The molecule has 5 heterocycles. The number of ether oxygens (including phenoxy) is 6. The summed E-state index contributed by atoms with van der Waals surface area (Å²) in [5.41, 5.74) is 10.2. The van der Waals surface area contributed by atoms with Crippen molar-refractivity contribution < 1.29 is 38.0 Å². The number of Topliss-reactive ketones (excluding diaryl/α,β-unsaturated/α-hetero) is 2. The van der Waals surface area contributed by atoms with Crippen molar-refractivity contribution in [2.24, 2.45) is 10.8 Å². The molecule has 0 fully saturated rings. The average Bonchev–Trinajstić information content (AvgIpc) is 1.39. The van der Waals surface area contributed by atoms with E-state index >= 15 is 9.59 Å². The zero-order valence-electron chi connectivity index (χ0n) is 68.4. The summed E-state index contributed by atoms with van der Waals surface area (Å²) in [7, 11) is 0. The molecule has 0 radical (unpaired) electrons. The van der Waals surface area contributed by atoms with Crippen LogP contribution in [0.15, 0.2) is 314 Å². The summed E-state index contributed by atoms with van der Waals surface area (Å²) in [5, 5.41) is 0. The highest BCUT2D eigenvalue weighted by Gasteiger charge is 2.73. The van der Waals surface area contributed by atoms with Crippen molar-refractivity contribution in [1.82, 2.24) is 0 Å². The first-order valence-corrected chi connectivity index (χ1v) is 41.4. The third kappa shape index (κ3) is 12.1. The van der Waals surface area contributed by atoms with E-state index in [1.54, 1.807) is 0 Å². The number of carbonyl (C=O) groups is 2. The van der Waals surface area contributed by atoms with Gasteiger partial charge in [0, 0.05) is 82.5 Å². The Morgan fingerprint density at radius 2 is 0.552 bits per heavy atom. The van der Waals surface area contributed by atoms with Crippen molar-refractivity contribution >= 4 is 11.6 Å². The van der Waals surface area contributed by atoms with Gasteiger partial charge < -0.3 is 28.4 Å². The van der Waals surface area contributed by atoms with Gasteiger partial charge in [0.2, 0.25) is 22.8 Å². The molecule has 7 aliphatic rings. The van der Waals surface area contributed by atoms with Gasteiger partial charge in [0.25, 0.3) is 0 Å². The Kier molecular flexibility index (Phi) is 17.6. The van der Waals surface area contributed by atoms with Gasteiger partial charge in [-0.2, -0.15) is 0 Å². The molecule has 2 spiro atoms. The van der Waals surface area contributed by atoms with E-state index in [9.17, 15) is 0 Å². The van der Waals surface area contributed by atoms with E-state index < -0.39 is 56.3 Å². The van der Waals surface area contributed by atoms with Crippen LogP contribution < -0.4 is 28.4 Å². The first-order chi connectivity index (χ1) is 55.7. The van der Waals surface area contributed by atoms with E-state index in [0.717, 1.165) is 100 Å². The predicted molar refractivity (Wildman–Crippen MR) is 461 cm³/mol. The molecule has 0 saturated heterocycles. The zero-order valence-corrected chi connectivity index (χ0v) is 68.4. The van der Waals surface area contributed by atoms with Crippen LogP contribution in [0.3, 0.4) is 0 Å². The molecular formula is C108H100O8. The molecule has 8 nitrogen and oxygen atoms in total. The standard InChI is InChI=1S/C108H100O8/c1-101(2,3)83-55-77-53-81-65-107(103(7,8)9)100(112-88-62-76(90(69-41-25-15-26-42-69)70-43-27-16-28-44-70)60-86(96(88)115-107)92(73-49-33-19-34-50-73)74-51-35-20-36-52-74)106(97(81)109)64-80-58-84(102(4,5)6)56-78(94(80)114-106)54-82-66-108(104(10,11)12)99(105(98(82)110)63-79(57-83)93(77)113-105)111-87-61-75(89(67-37-21-13-22-38-67)68-39-23-14-24-40-68)59-85(95(87)116-108)91(71-45-29-17-30-46-71)72-47-31-18-32-48-72/h13-52,55-62,65-66,89-92,99-100H,53-54,63-64H2,1-12H3/t99?,100?,105-,106+,107?,108?. The molecule has 5 aliphatic heterocycles. The first kappa shape index (κ1) is 74.4. The molecule has 12 aromatic rings. The quantitative estimate of drug-likeness (QED) is 0.112. The van der Waals surface area contributed by atoms with Gasteiger partial charge in [-0.1, -0.05) is 350 Å². The van der Waals surface area contributed by atoms with Crippen LogP contribution in [0.2, 0.25) is 0 Å². The van der Waals surface area contributed by atoms with Crippen molar-refractivity contribution in [2.75, 3.05) is 0 Å². The highest BCUT2D eigenvalue weighted by Crippen LogP contribution is 2.64. The number of hydrogen-bond donors (Lipinski definition) is 0. The van der Waals surface area contributed by atoms with Crippen molar-refractivity contribution in [1.29, 1.82) is 0 Å². The monoisotopic (exact) mass is 1520 g/mol. The Morgan fingerprint density at radius 3 is 0.810 bits per heavy atom. The molecule has 19 rings (SSSR count). The fraction of sp³-hybridized carbons (Fsp3) is 0.278. The van der Waals surface area contributed by atoms with Crippen molar-refractivity contribution in [2.45, 2.75) is 178 Å². The van der Waals surface area contributed by atoms with Gasteiger partial charge in [0.05, 0.1) is 0 Å². The average molecular weight is 1530 g/mol. The maximum Gasteiger partial charge on any atom is 0.216 e. The maximum atomic E-state index is 17.6. The molecular weight excluding hydrogens is 1430 g/mol. The molecule has 6 atom stereocenters. The second kappa shape index (κ2) is 27.5. The molecule has 2 aliphatic carbocycles. The Labute approximate surface area is 683 Å². The van der Waals surface area contributed by atoms with E-state index in [-0.39, 0.29) is 60.9 Å². The number of ketones is 2. The van der Waals surface area contributed by atoms with E-state index in [1.807, 2.05) is 0 Å². The molecule has 8 heteroatoms. The molecule has 116 heavy (non-hydrogen) atoms. The second-order valence-corrected chi connectivity index (χ2v) is 37.6. The van der Waals surface area contributed by atoms with Gasteiger partial charge in [-0.25, -0.2) is 0 Å². The van der Waals surface area contributed by atoms with Crippen molar-refractivity contribution in [3.63, 3.8) is 0 Å². The number of rotatable bonds is 12. The number of fused-ring (bicyclic) bond motifs is 6. The number of carbonyl (C=O) groups excluding carboxylic acids is 2. The van der Waals surface area contributed by atoms with Gasteiger partial charge in [-0.05, 0) is 136 Å². The minimum atomic E-state index is -1.75. The van der Waals surface area contributed by atoms with E-state index in [4.69, 9.17) is 28.4 Å². The Bertz CT molecular complexity index is 5370. The normalized spacial score (nSPS) is 21.6. The Hall–Kier alpha value is -11.7. The Morgan fingerprint density at radius 1 is 0.293 bits per heavy atom.